The molecule has 0 radical (unpaired) electrons. The van der Waals surface area contributed by atoms with Crippen LogP contribution in [0.2, 0.25) is 0 Å². The zero-order valence-corrected chi connectivity index (χ0v) is 85.2. The number of hydrogen-bond donors (Lipinski definition) is 0. The lowest BCUT2D eigenvalue weighted by atomic mass is 9.43. The standard InChI is InChI=1S/C52H42N2.C46H37NO.C46H37NS/c1-2-10-36(11-3-1)37-18-20-40(21-19-37)53(41-22-24-42(25-23-41)54-50-16-8-5-13-45(50)46-14-6-9-17-51(46)54)43-26-27-49-47(33-43)44-12-4-7-15-48(44)52(49)38-29-34-28-35(31-38)32-39(52)30-34;2*1-2-8-31(9-3-1)32-14-16-35(17-15-32)47(37-18-20-40-39-11-5-7-13-44(39)48-45(40)28-37)36-19-21-43-41(27-36)38-10-4-6-12-42(38)46(43)33-23-29-22-30(25-33)26-34(46)24-29/h1-27,33-35,38-39H,28-32H2;2*1-21,27-30,33-34H,22-26H2. The summed E-state index contributed by atoms with van der Waals surface area (Å²) in [6.07, 6.45) is 21.3. The van der Waals surface area contributed by atoms with Crippen LogP contribution < -0.4 is 14.7 Å². The molecular formula is C144H116N4OS. The van der Waals surface area contributed by atoms with Crippen LogP contribution >= 0.6 is 11.3 Å². The summed E-state index contributed by atoms with van der Waals surface area (Å²) < 4.78 is 11.5. The number of anilines is 9. The fourth-order valence-corrected chi connectivity index (χ4v) is 35.3. The van der Waals surface area contributed by atoms with E-state index in [9.17, 15) is 0 Å². The van der Waals surface area contributed by atoms with Crippen molar-refractivity contribution in [1.29, 1.82) is 0 Å². The number of rotatable bonds is 13. The summed E-state index contributed by atoms with van der Waals surface area (Å²) in [4.78, 5) is 7.38. The lowest BCUT2D eigenvalue weighted by Crippen LogP contribution is -2.55. The Morgan fingerprint density at radius 1 is 0.193 bits per heavy atom. The second-order valence-corrected chi connectivity index (χ2v) is 47.6. The molecule has 724 valence electrons. The van der Waals surface area contributed by atoms with E-state index < -0.39 is 0 Å². The number of para-hydroxylation sites is 3. The van der Waals surface area contributed by atoms with E-state index in [2.05, 4.69) is 462 Å². The predicted octanol–water partition coefficient (Wildman–Crippen LogP) is 39.0. The third-order valence-corrected chi connectivity index (χ3v) is 40.4. The number of hydrogen-bond acceptors (Lipinski definition) is 5. The van der Waals surface area contributed by atoms with Gasteiger partial charge in [-0.05, 0) is 413 Å². The zero-order chi connectivity index (χ0) is 98.2. The number of furan rings is 1. The van der Waals surface area contributed by atoms with E-state index in [1.807, 2.05) is 17.4 Å². The first-order valence-electron chi connectivity index (χ1n) is 55.7. The fourth-order valence-electron chi connectivity index (χ4n) is 34.2. The second-order valence-electron chi connectivity index (χ2n) is 46.5. The molecule has 22 aromatic rings. The van der Waals surface area contributed by atoms with E-state index in [0.29, 0.717) is 0 Å². The first-order valence-corrected chi connectivity index (χ1v) is 56.5. The second kappa shape index (κ2) is 34.2. The Labute approximate surface area is 881 Å². The Morgan fingerprint density at radius 2 is 0.467 bits per heavy atom. The normalized spacial score (nSPS) is 24.2. The highest BCUT2D eigenvalue weighted by Crippen LogP contribution is 2.74. The molecule has 12 bridgehead atoms. The molecule has 0 unspecified atom stereocenters. The average molecular weight is 1950 g/mol. The molecule has 0 N–H and O–H groups in total. The van der Waals surface area contributed by atoms with E-state index in [4.69, 9.17) is 4.42 Å². The van der Waals surface area contributed by atoms with Gasteiger partial charge in [0.25, 0.3) is 0 Å². The van der Waals surface area contributed by atoms with Gasteiger partial charge in [-0.1, -0.05) is 297 Å². The number of fused-ring (bicyclic) bond motifs is 18. The van der Waals surface area contributed by atoms with Gasteiger partial charge in [0.1, 0.15) is 11.2 Å². The topological polar surface area (TPSA) is 27.8 Å². The van der Waals surface area contributed by atoms with Crippen molar-refractivity contribution < 1.29 is 4.42 Å². The number of aromatic nitrogens is 1. The Hall–Kier alpha value is -15.6. The Balaban J connectivity index is 0.0000000995. The average Bonchev–Trinajstić information content (AvgIpc) is 1.51. The molecule has 0 amide bonds. The van der Waals surface area contributed by atoms with Gasteiger partial charge in [0, 0.05) is 121 Å². The number of thiophene rings is 1. The molecule has 15 aliphatic carbocycles. The predicted molar refractivity (Wildman–Crippen MR) is 624 cm³/mol. The van der Waals surface area contributed by atoms with E-state index in [1.54, 1.807) is 33.4 Å². The highest BCUT2D eigenvalue weighted by atomic mass is 32.1. The van der Waals surface area contributed by atoms with Crippen LogP contribution in [0.4, 0.5) is 51.2 Å². The van der Waals surface area contributed by atoms with E-state index in [1.165, 1.54) is 239 Å². The van der Waals surface area contributed by atoms with Crippen LogP contribution in [0.1, 0.15) is 130 Å². The van der Waals surface area contributed by atoms with Crippen LogP contribution in [0.15, 0.2) is 453 Å². The summed E-state index contributed by atoms with van der Waals surface area (Å²) in [5, 5.41) is 7.57. The van der Waals surface area contributed by atoms with Crippen molar-refractivity contribution in [2.75, 3.05) is 14.7 Å². The van der Waals surface area contributed by atoms with Gasteiger partial charge in [-0.3, -0.25) is 0 Å². The molecule has 150 heavy (non-hydrogen) atoms. The minimum absolute atomic E-state index is 0.171. The van der Waals surface area contributed by atoms with Crippen LogP contribution in [0.3, 0.4) is 0 Å². The molecule has 12 saturated carbocycles. The third-order valence-electron chi connectivity index (χ3n) is 39.3. The number of nitrogens with zero attached hydrogens (tertiary/aromatic N) is 4. The maximum atomic E-state index is 6.42. The van der Waals surface area contributed by atoms with Crippen LogP contribution in [0.5, 0.6) is 0 Å². The molecule has 12 fully saturated rings. The molecule has 3 spiro atoms. The largest absolute Gasteiger partial charge is 0.456 e. The van der Waals surface area contributed by atoms with Crippen molar-refractivity contribution >= 4 is 126 Å². The van der Waals surface area contributed by atoms with Gasteiger partial charge in [-0.15, -0.1) is 11.3 Å². The Kier molecular flexibility index (Phi) is 19.9. The van der Waals surface area contributed by atoms with Gasteiger partial charge in [0.05, 0.1) is 11.0 Å². The van der Waals surface area contributed by atoms with Gasteiger partial charge in [0.15, 0.2) is 0 Å². The van der Waals surface area contributed by atoms with Gasteiger partial charge in [-0.25, -0.2) is 0 Å². The molecule has 0 saturated heterocycles. The smallest absolute Gasteiger partial charge is 0.137 e. The van der Waals surface area contributed by atoms with Crippen molar-refractivity contribution in [2.24, 2.45) is 71.0 Å². The molecule has 3 heterocycles. The maximum Gasteiger partial charge on any atom is 0.137 e. The van der Waals surface area contributed by atoms with Crippen molar-refractivity contribution in [3.63, 3.8) is 0 Å². The molecule has 15 aliphatic rings. The van der Waals surface area contributed by atoms with Crippen molar-refractivity contribution in [1.82, 2.24) is 4.57 Å². The zero-order valence-electron chi connectivity index (χ0n) is 84.4. The van der Waals surface area contributed by atoms with Gasteiger partial charge < -0.3 is 23.7 Å². The SMILES string of the molecule is c1ccc(-c2ccc(N(c3ccc(-n4c5ccccc5c5ccccc54)cc3)c3ccc4c(c3)-c3ccccc3C43C4CC5CC(C4)CC3C5)cc2)cc1.c1ccc(-c2ccc(N(c3ccc4c(c3)-c3ccccc3C43C4CC5CC(C4)CC3C5)c3ccc4c(c3)oc3ccccc34)cc2)cc1.c1ccc(-c2ccc(N(c3ccc4c(c3)-c3ccccc3C43C4CC5CC(C4)CC3C5)c3ccc4c(c3)sc3ccccc34)cc2)cc1. The molecule has 0 aliphatic heterocycles. The molecule has 19 aromatic carbocycles. The summed E-state index contributed by atoms with van der Waals surface area (Å²) in [5.41, 5.74) is 42.4. The van der Waals surface area contributed by atoms with E-state index in [0.717, 1.165) is 116 Å². The van der Waals surface area contributed by atoms with Gasteiger partial charge >= 0.3 is 0 Å². The number of benzene rings is 19. The highest BCUT2D eigenvalue weighted by molar-refractivity contribution is 7.25. The van der Waals surface area contributed by atoms with Crippen LogP contribution in [0.25, 0.3) is 136 Å². The maximum absolute atomic E-state index is 6.42. The van der Waals surface area contributed by atoms with Crippen molar-refractivity contribution in [3.8, 4) is 72.4 Å². The highest BCUT2D eigenvalue weighted by Gasteiger charge is 2.65. The first-order chi connectivity index (χ1) is 74.2. The van der Waals surface area contributed by atoms with E-state index in [-0.39, 0.29) is 16.2 Å². The Morgan fingerprint density at radius 3 is 0.867 bits per heavy atom. The molecule has 0 atom stereocenters. The third kappa shape index (κ3) is 13.3. The van der Waals surface area contributed by atoms with Gasteiger partial charge in [-0.2, -0.15) is 0 Å². The summed E-state index contributed by atoms with van der Waals surface area (Å²) in [5.74, 6) is 10.3. The quantitative estimate of drug-likeness (QED) is 0.115. The molecule has 37 rings (SSSR count). The summed E-state index contributed by atoms with van der Waals surface area (Å²) >= 11 is 1.90. The van der Waals surface area contributed by atoms with Crippen LogP contribution in [-0.4, -0.2) is 4.57 Å². The summed E-state index contributed by atoms with van der Waals surface area (Å²) in [6.45, 7) is 0. The molecular weight excluding hydrogens is 1830 g/mol. The van der Waals surface area contributed by atoms with Crippen LogP contribution in [-0.2, 0) is 16.2 Å². The van der Waals surface area contributed by atoms with Crippen LogP contribution in [0, 0.1) is 71.0 Å². The van der Waals surface area contributed by atoms with Crippen molar-refractivity contribution in [2.45, 2.75) is 113 Å². The summed E-state index contributed by atoms with van der Waals surface area (Å²) in [7, 11) is 0. The monoisotopic (exact) mass is 1950 g/mol. The van der Waals surface area contributed by atoms with E-state index >= 15 is 0 Å². The summed E-state index contributed by atoms with van der Waals surface area (Å²) in [6, 6.07) is 168. The molecule has 3 aromatic heterocycles. The first kappa shape index (κ1) is 87.4. The lowest BCUT2D eigenvalue weighted by Gasteiger charge is -2.61. The van der Waals surface area contributed by atoms with Crippen molar-refractivity contribution in [3.05, 3.63) is 482 Å². The van der Waals surface area contributed by atoms with Gasteiger partial charge in [0.2, 0.25) is 0 Å². The minimum atomic E-state index is 0.171. The fraction of sp³-hybridized carbons (Fsp3) is 0.208. The lowest BCUT2D eigenvalue weighted by molar-refractivity contribution is -0.0399. The molecule has 6 heteroatoms. The molecule has 5 nitrogen and oxygen atoms in total. The Bertz CT molecular complexity index is 8650. The minimum Gasteiger partial charge on any atom is -0.456 e.